The predicted molar refractivity (Wildman–Crippen MR) is 100 cm³/mol. The third kappa shape index (κ3) is 3.58. The Kier molecular flexibility index (Phi) is 4.22. The van der Waals surface area contributed by atoms with Gasteiger partial charge in [0.25, 0.3) is 0 Å². The van der Waals surface area contributed by atoms with Crippen LogP contribution in [0, 0.1) is 0 Å². The fourth-order valence-corrected chi connectivity index (χ4v) is 2.96. The number of hydrogen-bond acceptors (Lipinski definition) is 5. The Morgan fingerprint density at radius 1 is 1.19 bits per heavy atom. The van der Waals surface area contributed by atoms with E-state index in [0.29, 0.717) is 30.6 Å². The van der Waals surface area contributed by atoms with Gasteiger partial charge in [-0.15, -0.1) is 0 Å². The molecule has 3 aromatic rings. The zero-order valence-electron chi connectivity index (χ0n) is 15.6. The van der Waals surface area contributed by atoms with Gasteiger partial charge in [0, 0.05) is 18.8 Å². The number of nitrogens with zero attached hydrogens (tertiary/aromatic N) is 3. The van der Waals surface area contributed by atoms with Crippen LogP contribution in [0.4, 0.5) is 10.5 Å². The summed E-state index contributed by atoms with van der Waals surface area (Å²) < 4.78 is 10.6. The van der Waals surface area contributed by atoms with E-state index in [1.807, 2.05) is 24.3 Å². The molecule has 7 nitrogen and oxygen atoms in total. The molecule has 1 aliphatic heterocycles. The number of urea groups is 1. The maximum Gasteiger partial charge on any atom is 0.321 e. The van der Waals surface area contributed by atoms with E-state index >= 15 is 0 Å². The number of aromatic nitrogens is 2. The molecule has 7 heteroatoms. The van der Waals surface area contributed by atoms with E-state index in [1.165, 1.54) is 5.56 Å². The van der Waals surface area contributed by atoms with Crippen LogP contribution in [0.15, 0.2) is 51.6 Å². The van der Waals surface area contributed by atoms with Crippen molar-refractivity contribution < 1.29 is 13.7 Å². The first kappa shape index (κ1) is 17.3. The quantitative estimate of drug-likeness (QED) is 0.749. The molecular weight excluding hydrogens is 344 g/mol. The van der Waals surface area contributed by atoms with Crippen LogP contribution in [0.3, 0.4) is 0 Å². The summed E-state index contributed by atoms with van der Waals surface area (Å²) in [6, 6.07) is 11.4. The molecule has 27 heavy (non-hydrogen) atoms. The monoisotopic (exact) mass is 366 g/mol. The molecule has 4 rings (SSSR count). The Balaban J connectivity index is 1.32. The summed E-state index contributed by atoms with van der Waals surface area (Å²) in [7, 11) is 0. The number of rotatable bonds is 3. The first-order valence-corrected chi connectivity index (χ1v) is 8.94. The van der Waals surface area contributed by atoms with E-state index in [2.05, 4.69) is 36.2 Å². The number of likely N-dealkylation sites (tertiary alicyclic amines) is 1. The molecule has 0 spiro atoms. The molecule has 1 fully saturated rings. The summed E-state index contributed by atoms with van der Waals surface area (Å²) in [6.07, 6.45) is 1.56. The summed E-state index contributed by atoms with van der Waals surface area (Å²) in [6.45, 7) is 7.58. The van der Waals surface area contributed by atoms with Gasteiger partial charge in [0.2, 0.25) is 11.7 Å². The van der Waals surface area contributed by atoms with Gasteiger partial charge in [0.15, 0.2) is 5.76 Å². The standard InChI is InChI=1S/C20H22N4O3/c1-20(2,3)14-6-8-15(9-7-14)21-19(25)24-11-13(12-24)18-22-17(23-27-18)16-5-4-10-26-16/h4-10,13H,11-12H2,1-3H3,(H,21,25). The van der Waals surface area contributed by atoms with Crippen molar-refractivity contribution in [1.82, 2.24) is 15.0 Å². The molecule has 2 aromatic heterocycles. The van der Waals surface area contributed by atoms with Gasteiger partial charge < -0.3 is 19.2 Å². The van der Waals surface area contributed by atoms with E-state index in [9.17, 15) is 4.79 Å². The van der Waals surface area contributed by atoms with Crippen molar-refractivity contribution in [3.63, 3.8) is 0 Å². The molecule has 1 N–H and O–H groups in total. The summed E-state index contributed by atoms with van der Waals surface area (Å²) in [5.41, 5.74) is 2.11. The normalized spacial score (nSPS) is 14.9. The van der Waals surface area contributed by atoms with Crippen LogP contribution in [0.1, 0.15) is 38.1 Å². The van der Waals surface area contributed by atoms with Gasteiger partial charge >= 0.3 is 6.03 Å². The van der Waals surface area contributed by atoms with E-state index < -0.39 is 0 Å². The van der Waals surface area contributed by atoms with Gasteiger partial charge in [-0.05, 0) is 35.2 Å². The van der Waals surface area contributed by atoms with Gasteiger partial charge in [0.05, 0.1) is 12.2 Å². The highest BCUT2D eigenvalue weighted by atomic mass is 16.5. The number of anilines is 1. The van der Waals surface area contributed by atoms with Gasteiger partial charge in [-0.2, -0.15) is 4.98 Å². The van der Waals surface area contributed by atoms with Gasteiger partial charge in [-0.3, -0.25) is 0 Å². The third-order valence-electron chi connectivity index (χ3n) is 4.70. The molecule has 0 bridgehead atoms. The smallest absolute Gasteiger partial charge is 0.321 e. The van der Waals surface area contributed by atoms with Crippen molar-refractivity contribution >= 4 is 11.7 Å². The molecule has 0 unspecified atom stereocenters. The first-order chi connectivity index (χ1) is 12.9. The molecule has 1 aliphatic rings. The minimum atomic E-state index is -0.125. The largest absolute Gasteiger partial charge is 0.461 e. The van der Waals surface area contributed by atoms with E-state index in [-0.39, 0.29) is 17.4 Å². The van der Waals surface area contributed by atoms with Crippen molar-refractivity contribution in [3.05, 3.63) is 54.1 Å². The number of benzene rings is 1. The molecule has 140 valence electrons. The SMILES string of the molecule is CC(C)(C)c1ccc(NC(=O)N2CC(c3nc(-c4ccco4)no3)C2)cc1. The third-order valence-corrected chi connectivity index (χ3v) is 4.70. The Hall–Kier alpha value is -3.09. The fourth-order valence-electron chi connectivity index (χ4n) is 2.96. The van der Waals surface area contributed by atoms with Crippen LogP contribution in [0.5, 0.6) is 0 Å². The Morgan fingerprint density at radius 2 is 1.93 bits per heavy atom. The molecule has 2 amide bonds. The molecule has 0 saturated carbocycles. The predicted octanol–water partition coefficient (Wildman–Crippen LogP) is 4.26. The highest BCUT2D eigenvalue weighted by Crippen LogP contribution is 2.29. The number of amides is 2. The molecule has 0 aliphatic carbocycles. The highest BCUT2D eigenvalue weighted by molar-refractivity contribution is 5.90. The number of carbonyl (C=O) groups excluding carboxylic acids is 1. The molecule has 0 radical (unpaired) electrons. The summed E-state index contributed by atoms with van der Waals surface area (Å²) in [4.78, 5) is 18.5. The van der Waals surface area contributed by atoms with E-state index in [4.69, 9.17) is 8.94 Å². The minimum Gasteiger partial charge on any atom is -0.461 e. The van der Waals surface area contributed by atoms with E-state index in [0.717, 1.165) is 5.69 Å². The fraction of sp³-hybridized carbons (Fsp3) is 0.350. The second-order valence-corrected chi connectivity index (χ2v) is 7.79. The lowest BCUT2D eigenvalue weighted by atomic mass is 9.87. The maximum atomic E-state index is 12.4. The van der Waals surface area contributed by atoms with Crippen molar-refractivity contribution in [2.45, 2.75) is 32.1 Å². The van der Waals surface area contributed by atoms with Crippen molar-refractivity contribution in [3.8, 4) is 11.6 Å². The zero-order chi connectivity index (χ0) is 19.0. The van der Waals surface area contributed by atoms with Gasteiger partial charge in [-0.1, -0.05) is 38.1 Å². The zero-order valence-corrected chi connectivity index (χ0v) is 15.6. The van der Waals surface area contributed by atoms with Crippen molar-refractivity contribution in [2.24, 2.45) is 0 Å². The summed E-state index contributed by atoms with van der Waals surface area (Å²) in [5, 5.41) is 6.86. The summed E-state index contributed by atoms with van der Waals surface area (Å²) >= 11 is 0. The second-order valence-electron chi connectivity index (χ2n) is 7.79. The molecule has 1 saturated heterocycles. The Labute approximate surface area is 157 Å². The Bertz CT molecular complexity index is 917. The first-order valence-electron chi connectivity index (χ1n) is 8.94. The molecular formula is C20H22N4O3. The molecule has 1 aromatic carbocycles. The average Bonchev–Trinajstić information content (AvgIpc) is 3.24. The number of hydrogen-bond donors (Lipinski definition) is 1. The lowest BCUT2D eigenvalue weighted by Gasteiger charge is -2.36. The average molecular weight is 366 g/mol. The second kappa shape index (κ2) is 6.57. The van der Waals surface area contributed by atoms with Crippen LogP contribution < -0.4 is 5.32 Å². The number of nitrogens with one attached hydrogen (secondary N) is 1. The van der Waals surface area contributed by atoms with Crippen LogP contribution >= 0.6 is 0 Å². The highest BCUT2D eigenvalue weighted by Gasteiger charge is 2.36. The maximum absolute atomic E-state index is 12.4. The van der Waals surface area contributed by atoms with Gasteiger partial charge in [0.1, 0.15) is 0 Å². The Morgan fingerprint density at radius 3 is 2.56 bits per heavy atom. The molecule has 3 heterocycles. The number of carbonyl (C=O) groups is 1. The van der Waals surface area contributed by atoms with Crippen molar-refractivity contribution in [2.75, 3.05) is 18.4 Å². The van der Waals surface area contributed by atoms with Crippen LogP contribution in [0.2, 0.25) is 0 Å². The van der Waals surface area contributed by atoms with Crippen LogP contribution in [-0.2, 0) is 5.41 Å². The molecule has 0 atom stereocenters. The van der Waals surface area contributed by atoms with E-state index in [1.54, 1.807) is 23.3 Å². The lowest BCUT2D eigenvalue weighted by Crippen LogP contribution is -2.50. The van der Waals surface area contributed by atoms with Gasteiger partial charge in [-0.25, -0.2) is 4.79 Å². The van der Waals surface area contributed by atoms with Crippen LogP contribution in [-0.4, -0.2) is 34.2 Å². The topological polar surface area (TPSA) is 84.4 Å². The van der Waals surface area contributed by atoms with Crippen molar-refractivity contribution in [1.29, 1.82) is 0 Å². The lowest BCUT2D eigenvalue weighted by molar-refractivity contribution is 0.147. The number of furan rings is 1. The summed E-state index contributed by atoms with van der Waals surface area (Å²) in [5.74, 6) is 1.57. The van der Waals surface area contributed by atoms with Crippen LogP contribution in [0.25, 0.3) is 11.6 Å². The minimum absolute atomic E-state index is 0.0511.